The van der Waals surface area contributed by atoms with E-state index >= 15 is 0 Å². The molecule has 1 N–H and O–H groups in total. The Bertz CT molecular complexity index is 1200. The van der Waals surface area contributed by atoms with E-state index in [1.165, 1.54) is 44.9 Å². The van der Waals surface area contributed by atoms with Gasteiger partial charge >= 0.3 is 17.9 Å². The van der Waals surface area contributed by atoms with Crippen LogP contribution in [0.4, 0.5) is 0 Å². The van der Waals surface area contributed by atoms with E-state index in [0.29, 0.717) is 19.3 Å². The van der Waals surface area contributed by atoms with Gasteiger partial charge in [-0.05, 0) is 77.0 Å². The zero-order chi connectivity index (χ0) is 42.1. The number of aliphatic carboxylic acids is 1. The van der Waals surface area contributed by atoms with Gasteiger partial charge in [0, 0.05) is 19.3 Å². The topological polar surface area (TPSA) is 99.1 Å². The number of rotatable bonds is 38. The largest absolute Gasteiger partial charge is 0.477 e. The number of unbranched alkanes of at least 4 members (excludes halogenated alkanes) is 11. The molecule has 57 heavy (non-hydrogen) atoms. The van der Waals surface area contributed by atoms with Gasteiger partial charge in [0.2, 0.25) is 0 Å². The van der Waals surface area contributed by atoms with Crippen LogP contribution < -0.4 is 0 Å². The fourth-order valence-corrected chi connectivity index (χ4v) is 5.88. The number of carboxylic acid groups (broad SMARTS) is 1. The molecule has 0 bridgehead atoms. The van der Waals surface area contributed by atoms with Crippen molar-refractivity contribution in [2.75, 3.05) is 41.0 Å². The molecule has 8 heteroatoms. The molecule has 324 valence electrons. The van der Waals surface area contributed by atoms with Gasteiger partial charge in [-0.2, -0.15) is 0 Å². The summed E-state index contributed by atoms with van der Waals surface area (Å²) in [6, 6.07) is -0.632. The lowest BCUT2D eigenvalue weighted by Crippen LogP contribution is -2.50. The molecule has 0 radical (unpaired) electrons. The van der Waals surface area contributed by atoms with Crippen LogP contribution in [0.1, 0.15) is 155 Å². The quantitative estimate of drug-likeness (QED) is 0.0218. The number of allylic oxidation sites excluding steroid dienone is 14. The average molecular weight is 797 g/mol. The lowest BCUT2D eigenvalue weighted by atomic mass is 10.1. The minimum absolute atomic E-state index is 0.0276. The number of esters is 2. The minimum atomic E-state index is -0.890. The van der Waals surface area contributed by atoms with Gasteiger partial charge in [-0.3, -0.25) is 9.59 Å². The smallest absolute Gasteiger partial charge is 0.362 e. The van der Waals surface area contributed by atoms with Crippen molar-refractivity contribution in [3.05, 3.63) is 85.1 Å². The van der Waals surface area contributed by atoms with Crippen molar-refractivity contribution in [2.24, 2.45) is 0 Å². The molecule has 0 amide bonds. The first-order chi connectivity index (χ1) is 27.6. The first kappa shape index (κ1) is 53.5. The highest BCUT2D eigenvalue weighted by molar-refractivity contribution is 5.72. The monoisotopic (exact) mass is 797 g/mol. The number of nitrogens with zero attached hydrogens (tertiary/aromatic N) is 1. The van der Waals surface area contributed by atoms with Crippen LogP contribution in [0.5, 0.6) is 0 Å². The minimum Gasteiger partial charge on any atom is -0.477 e. The van der Waals surface area contributed by atoms with Gasteiger partial charge in [0.1, 0.15) is 6.61 Å². The van der Waals surface area contributed by atoms with Crippen LogP contribution in [0.15, 0.2) is 85.1 Å². The van der Waals surface area contributed by atoms with Gasteiger partial charge in [0.25, 0.3) is 0 Å². The Morgan fingerprint density at radius 1 is 0.561 bits per heavy atom. The second kappa shape index (κ2) is 39.3. The molecule has 2 unspecified atom stereocenters. The molecule has 0 saturated carbocycles. The molecule has 0 aliphatic heterocycles. The molecular formula is C49H82NO7+. The van der Waals surface area contributed by atoms with Crippen molar-refractivity contribution < 1.29 is 38.2 Å². The number of likely N-dealkylation sites (N-methyl/N-ethyl adjacent to an activating group) is 1. The summed E-state index contributed by atoms with van der Waals surface area (Å²) < 4.78 is 17.2. The molecule has 8 nitrogen and oxygen atoms in total. The van der Waals surface area contributed by atoms with Gasteiger partial charge < -0.3 is 23.8 Å². The van der Waals surface area contributed by atoms with Crippen molar-refractivity contribution in [1.29, 1.82) is 0 Å². The van der Waals surface area contributed by atoms with Crippen LogP contribution in [0.2, 0.25) is 0 Å². The summed E-state index contributed by atoms with van der Waals surface area (Å²) in [5.74, 6) is -1.59. The molecule has 0 aliphatic carbocycles. The third-order valence-corrected chi connectivity index (χ3v) is 9.31. The second-order valence-corrected chi connectivity index (χ2v) is 15.6. The first-order valence-electron chi connectivity index (χ1n) is 22.1. The molecular weight excluding hydrogens is 715 g/mol. The molecule has 0 aliphatic rings. The van der Waals surface area contributed by atoms with E-state index in [4.69, 9.17) is 14.2 Å². The van der Waals surface area contributed by atoms with E-state index in [-0.39, 0.29) is 49.1 Å². The Kier molecular flexibility index (Phi) is 36.9. The number of hydrogen-bond donors (Lipinski definition) is 1. The average Bonchev–Trinajstić information content (AvgIpc) is 3.17. The molecule has 0 aromatic heterocycles. The van der Waals surface area contributed by atoms with Crippen molar-refractivity contribution in [3.63, 3.8) is 0 Å². The molecule has 0 heterocycles. The maximum absolute atomic E-state index is 12.7. The third kappa shape index (κ3) is 37.8. The number of quaternary nitrogens is 1. The third-order valence-electron chi connectivity index (χ3n) is 9.31. The summed E-state index contributed by atoms with van der Waals surface area (Å²) in [5, 5.41) is 9.62. The predicted octanol–water partition coefficient (Wildman–Crippen LogP) is 12.1. The first-order valence-corrected chi connectivity index (χ1v) is 22.1. The molecule has 0 aromatic rings. The van der Waals surface area contributed by atoms with Crippen LogP contribution in [-0.2, 0) is 28.6 Å². The molecule has 0 saturated heterocycles. The summed E-state index contributed by atoms with van der Waals surface area (Å²) in [6.07, 6.45) is 50.6. The van der Waals surface area contributed by atoms with E-state index in [0.717, 1.165) is 64.2 Å². The number of hydrogen-bond acceptors (Lipinski definition) is 6. The highest BCUT2D eigenvalue weighted by Gasteiger charge is 2.31. The summed E-state index contributed by atoms with van der Waals surface area (Å²) in [6.45, 7) is 4.51. The van der Waals surface area contributed by atoms with Gasteiger partial charge in [0.15, 0.2) is 12.1 Å². The van der Waals surface area contributed by atoms with Crippen LogP contribution in [-0.4, -0.2) is 80.6 Å². The lowest BCUT2D eigenvalue weighted by molar-refractivity contribution is -0.887. The Labute approximate surface area is 348 Å². The molecule has 0 aromatic carbocycles. The number of carbonyl (C=O) groups is 3. The van der Waals surface area contributed by atoms with Crippen LogP contribution in [0, 0.1) is 0 Å². The van der Waals surface area contributed by atoms with Gasteiger partial charge in [-0.25, -0.2) is 4.79 Å². The Balaban J connectivity index is 4.51. The number of carboxylic acids is 1. The Morgan fingerprint density at radius 2 is 1.05 bits per heavy atom. The SMILES string of the molecule is CC/C=C/C/C=C/C/C=C/C/C=C/C/C=C/CCCC(=O)OCC(COCCC(C(=O)O)[N+](C)(C)C)OC(=O)CCCCC/C=C/C=C/CCCCCCCCC. The van der Waals surface area contributed by atoms with Crippen molar-refractivity contribution in [3.8, 4) is 0 Å². The van der Waals surface area contributed by atoms with Crippen molar-refractivity contribution >= 4 is 17.9 Å². The van der Waals surface area contributed by atoms with Crippen molar-refractivity contribution in [2.45, 2.75) is 167 Å². The summed E-state index contributed by atoms with van der Waals surface area (Å²) in [5.41, 5.74) is 0. The highest BCUT2D eigenvalue weighted by Crippen LogP contribution is 2.12. The standard InChI is InChI=1S/C49H81NO7/c1-6-8-10-12-14-16-18-20-22-24-26-27-29-31-33-35-37-39-47(51)56-44-45(43-55-42-41-46(49(53)54)50(3,4)5)57-48(52)40-38-36-34-32-30-28-25-23-21-19-17-15-13-11-9-7-2/h8,10,14,16,20,22-23,25-28,30-31,33,45-46H,6-7,9,11-13,15,17-19,21,24,29,32,34-44H2,1-5H3/p+1/b10-8+,16-14+,22-20+,25-23+,27-26+,30-28+,33-31+. The Hall–Kier alpha value is -3.49. The molecule has 2 atom stereocenters. The zero-order valence-corrected chi connectivity index (χ0v) is 36.8. The fourth-order valence-electron chi connectivity index (χ4n) is 5.88. The highest BCUT2D eigenvalue weighted by atomic mass is 16.6. The Morgan fingerprint density at radius 3 is 1.60 bits per heavy atom. The maximum Gasteiger partial charge on any atom is 0.362 e. The van der Waals surface area contributed by atoms with Crippen LogP contribution in [0.3, 0.4) is 0 Å². The maximum atomic E-state index is 12.7. The van der Waals surface area contributed by atoms with Gasteiger partial charge in [0.05, 0.1) is 34.4 Å². The molecule has 0 rings (SSSR count). The second-order valence-electron chi connectivity index (χ2n) is 15.6. The molecule has 0 spiro atoms. The van der Waals surface area contributed by atoms with E-state index in [9.17, 15) is 19.5 Å². The summed E-state index contributed by atoms with van der Waals surface area (Å²) >= 11 is 0. The lowest BCUT2D eigenvalue weighted by Gasteiger charge is -2.31. The van der Waals surface area contributed by atoms with E-state index in [1.807, 2.05) is 21.1 Å². The van der Waals surface area contributed by atoms with Crippen LogP contribution >= 0.6 is 0 Å². The predicted molar refractivity (Wildman–Crippen MR) is 238 cm³/mol. The van der Waals surface area contributed by atoms with Crippen LogP contribution in [0.25, 0.3) is 0 Å². The van der Waals surface area contributed by atoms with E-state index in [1.54, 1.807) is 0 Å². The number of ether oxygens (including phenoxy) is 3. The zero-order valence-electron chi connectivity index (χ0n) is 36.8. The summed E-state index contributed by atoms with van der Waals surface area (Å²) in [7, 11) is 5.49. The molecule has 0 fully saturated rings. The van der Waals surface area contributed by atoms with E-state index < -0.39 is 18.1 Å². The fraction of sp³-hybridized carbons (Fsp3) is 0.653. The van der Waals surface area contributed by atoms with Gasteiger partial charge in [-0.1, -0.05) is 144 Å². The van der Waals surface area contributed by atoms with Crippen molar-refractivity contribution in [1.82, 2.24) is 0 Å². The number of carbonyl (C=O) groups excluding carboxylic acids is 2. The normalized spacial score (nSPS) is 13.8. The summed E-state index contributed by atoms with van der Waals surface area (Å²) in [4.78, 5) is 36.9. The van der Waals surface area contributed by atoms with E-state index in [2.05, 4.69) is 98.9 Å². The van der Waals surface area contributed by atoms with Gasteiger partial charge in [-0.15, -0.1) is 0 Å².